The van der Waals surface area contributed by atoms with Gasteiger partial charge in [-0.3, -0.25) is 9.79 Å². The van der Waals surface area contributed by atoms with Crippen molar-refractivity contribution < 1.29 is 4.79 Å². The Hall–Kier alpha value is -1.38. The van der Waals surface area contributed by atoms with Crippen molar-refractivity contribution in [3.8, 4) is 0 Å². The van der Waals surface area contributed by atoms with E-state index in [2.05, 4.69) is 16.4 Å². The summed E-state index contributed by atoms with van der Waals surface area (Å²) in [6.45, 7) is 1.55. The average molecular weight is 176 g/mol. The van der Waals surface area contributed by atoms with Crippen molar-refractivity contribution in [1.82, 2.24) is 5.32 Å². The van der Waals surface area contributed by atoms with Crippen molar-refractivity contribution in [2.24, 2.45) is 4.99 Å². The first-order valence-electron chi connectivity index (χ1n) is 4.46. The van der Waals surface area contributed by atoms with Crippen LogP contribution in [-0.4, -0.2) is 17.7 Å². The average Bonchev–Trinajstić information content (AvgIpc) is 2.49. The fourth-order valence-electron chi connectivity index (χ4n) is 1.72. The molecule has 0 bridgehead atoms. The van der Waals surface area contributed by atoms with Gasteiger partial charge in [0, 0.05) is 31.3 Å². The Morgan fingerprint density at radius 3 is 3.31 bits per heavy atom. The van der Waals surface area contributed by atoms with Crippen molar-refractivity contribution in [3.63, 3.8) is 0 Å². The molecule has 13 heavy (non-hydrogen) atoms. The molecule has 1 aliphatic carbocycles. The molecule has 1 atom stereocenters. The van der Waals surface area contributed by atoms with E-state index in [1.807, 2.05) is 12.3 Å². The highest BCUT2D eigenvalue weighted by molar-refractivity contribution is 6.05. The second kappa shape index (κ2) is 3.17. The summed E-state index contributed by atoms with van der Waals surface area (Å²) in [7, 11) is 0. The molecule has 2 rings (SSSR count). The van der Waals surface area contributed by atoms with Crippen LogP contribution in [0.25, 0.3) is 0 Å². The van der Waals surface area contributed by atoms with Crippen LogP contribution in [0.5, 0.6) is 0 Å². The number of carbonyl (C=O) groups excluding carboxylic acids is 1. The standard InChI is InChI=1S/C10H12N2O/c1-7(13)12-9-3-2-8-4-5-11-10(8)6-9/h2,4-5,9H,3,6H2,1H3,(H,12,13). The number of hydrogen-bond acceptors (Lipinski definition) is 2. The zero-order valence-electron chi connectivity index (χ0n) is 7.58. The number of hydrogen-bond donors (Lipinski definition) is 1. The maximum atomic E-state index is 10.8. The van der Waals surface area contributed by atoms with E-state index >= 15 is 0 Å². The third-order valence-electron chi connectivity index (χ3n) is 2.29. The van der Waals surface area contributed by atoms with Crippen LogP contribution in [0.1, 0.15) is 19.8 Å². The van der Waals surface area contributed by atoms with Crippen LogP contribution in [0.3, 0.4) is 0 Å². The molecule has 0 saturated heterocycles. The summed E-state index contributed by atoms with van der Waals surface area (Å²) in [5.74, 6) is 0.0356. The van der Waals surface area contributed by atoms with Gasteiger partial charge in [0.2, 0.25) is 5.91 Å². The normalized spacial score (nSPS) is 24.8. The van der Waals surface area contributed by atoms with Gasteiger partial charge >= 0.3 is 0 Å². The van der Waals surface area contributed by atoms with Crippen molar-refractivity contribution in [3.05, 3.63) is 23.9 Å². The molecular formula is C10H12N2O. The highest BCUT2D eigenvalue weighted by Gasteiger charge is 2.20. The van der Waals surface area contributed by atoms with Crippen LogP contribution >= 0.6 is 0 Å². The summed E-state index contributed by atoms with van der Waals surface area (Å²) in [5.41, 5.74) is 2.33. The van der Waals surface area contributed by atoms with Crippen LogP contribution in [0, 0.1) is 0 Å². The second-order valence-corrected chi connectivity index (χ2v) is 3.39. The molecule has 1 heterocycles. The first-order valence-corrected chi connectivity index (χ1v) is 4.46. The highest BCUT2D eigenvalue weighted by Crippen LogP contribution is 2.21. The minimum atomic E-state index is 0.0356. The van der Waals surface area contributed by atoms with Gasteiger partial charge in [-0.05, 0) is 18.1 Å². The van der Waals surface area contributed by atoms with Gasteiger partial charge in [0.15, 0.2) is 0 Å². The van der Waals surface area contributed by atoms with E-state index in [1.54, 1.807) is 6.92 Å². The molecule has 3 nitrogen and oxygen atoms in total. The molecule has 1 aliphatic heterocycles. The summed E-state index contributed by atoms with van der Waals surface area (Å²) in [6, 6.07) is 0.236. The predicted octanol–water partition coefficient (Wildman–Crippen LogP) is 1.18. The predicted molar refractivity (Wildman–Crippen MR) is 51.5 cm³/mol. The van der Waals surface area contributed by atoms with Gasteiger partial charge in [0.1, 0.15) is 0 Å². The van der Waals surface area contributed by atoms with Crippen LogP contribution in [0.4, 0.5) is 0 Å². The number of aliphatic imine (C=N–C) groups is 1. The molecule has 1 amide bonds. The fraction of sp³-hybridized carbons (Fsp3) is 0.400. The summed E-state index contributed by atoms with van der Waals surface area (Å²) >= 11 is 0. The third kappa shape index (κ3) is 1.69. The molecule has 2 aliphatic rings. The van der Waals surface area contributed by atoms with E-state index in [1.165, 1.54) is 5.57 Å². The van der Waals surface area contributed by atoms with Gasteiger partial charge in [0.25, 0.3) is 0 Å². The van der Waals surface area contributed by atoms with Crippen LogP contribution in [0.2, 0.25) is 0 Å². The lowest BCUT2D eigenvalue weighted by Gasteiger charge is -2.21. The SMILES string of the molecule is CC(=O)NC1CC=C2C=CN=C2C1. The summed E-state index contributed by atoms with van der Waals surface area (Å²) in [4.78, 5) is 15.0. The Morgan fingerprint density at radius 1 is 1.69 bits per heavy atom. The van der Waals surface area contributed by atoms with E-state index in [-0.39, 0.29) is 11.9 Å². The molecule has 1 unspecified atom stereocenters. The zero-order chi connectivity index (χ0) is 9.26. The molecule has 68 valence electrons. The molecule has 0 aromatic rings. The monoisotopic (exact) mass is 176 g/mol. The number of rotatable bonds is 1. The number of amides is 1. The summed E-state index contributed by atoms with van der Waals surface area (Å²) in [5, 5.41) is 2.90. The Labute approximate surface area is 77.2 Å². The number of carbonyl (C=O) groups is 1. The lowest BCUT2D eigenvalue weighted by atomic mass is 9.94. The van der Waals surface area contributed by atoms with E-state index in [0.717, 1.165) is 18.6 Å². The number of nitrogens with one attached hydrogen (secondary N) is 1. The largest absolute Gasteiger partial charge is 0.353 e. The smallest absolute Gasteiger partial charge is 0.217 e. The molecule has 0 spiro atoms. The Kier molecular flexibility index (Phi) is 2.00. The number of fused-ring (bicyclic) bond motifs is 1. The molecule has 0 aromatic carbocycles. The van der Waals surface area contributed by atoms with Gasteiger partial charge in [0.05, 0.1) is 0 Å². The lowest BCUT2D eigenvalue weighted by Crippen LogP contribution is -2.36. The van der Waals surface area contributed by atoms with E-state index in [9.17, 15) is 4.79 Å². The van der Waals surface area contributed by atoms with E-state index in [0.29, 0.717) is 0 Å². The quantitative estimate of drug-likeness (QED) is 0.640. The number of allylic oxidation sites excluding steroid dienone is 2. The van der Waals surface area contributed by atoms with Crippen LogP contribution < -0.4 is 5.32 Å². The van der Waals surface area contributed by atoms with Crippen LogP contribution in [-0.2, 0) is 4.79 Å². The van der Waals surface area contributed by atoms with Gasteiger partial charge in [-0.25, -0.2) is 0 Å². The third-order valence-corrected chi connectivity index (χ3v) is 2.29. The fourth-order valence-corrected chi connectivity index (χ4v) is 1.72. The van der Waals surface area contributed by atoms with Gasteiger partial charge in [-0.1, -0.05) is 6.08 Å². The Bertz CT molecular complexity index is 326. The first-order chi connectivity index (χ1) is 6.25. The van der Waals surface area contributed by atoms with Gasteiger partial charge in [-0.2, -0.15) is 0 Å². The second-order valence-electron chi connectivity index (χ2n) is 3.39. The number of nitrogens with zero attached hydrogens (tertiary/aromatic N) is 1. The van der Waals surface area contributed by atoms with E-state index in [4.69, 9.17) is 0 Å². The van der Waals surface area contributed by atoms with E-state index < -0.39 is 0 Å². The molecule has 0 aromatic heterocycles. The van der Waals surface area contributed by atoms with Crippen LogP contribution in [0.15, 0.2) is 28.9 Å². The van der Waals surface area contributed by atoms with Crippen molar-refractivity contribution in [2.75, 3.05) is 0 Å². The maximum Gasteiger partial charge on any atom is 0.217 e. The molecule has 3 heteroatoms. The molecule has 1 N–H and O–H groups in total. The topological polar surface area (TPSA) is 41.5 Å². The minimum absolute atomic E-state index is 0.0356. The molecule has 0 radical (unpaired) electrons. The van der Waals surface area contributed by atoms with Gasteiger partial charge < -0.3 is 5.32 Å². The van der Waals surface area contributed by atoms with Crippen molar-refractivity contribution in [1.29, 1.82) is 0 Å². The minimum Gasteiger partial charge on any atom is -0.353 e. The maximum absolute atomic E-state index is 10.8. The van der Waals surface area contributed by atoms with Gasteiger partial charge in [-0.15, -0.1) is 0 Å². The molecule has 0 fully saturated rings. The molecular weight excluding hydrogens is 164 g/mol. The van der Waals surface area contributed by atoms with Crippen molar-refractivity contribution in [2.45, 2.75) is 25.8 Å². The van der Waals surface area contributed by atoms with Crippen molar-refractivity contribution >= 4 is 11.6 Å². The first kappa shape index (κ1) is 8.23. The lowest BCUT2D eigenvalue weighted by molar-refractivity contribution is -0.119. The summed E-state index contributed by atoms with van der Waals surface area (Å²) in [6.07, 6.45) is 7.74. The zero-order valence-corrected chi connectivity index (χ0v) is 7.58. The molecule has 0 saturated carbocycles. The summed E-state index contributed by atoms with van der Waals surface area (Å²) < 4.78 is 0. The Balaban J connectivity index is 2.05. The Morgan fingerprint density at radius 2 is 2.54 bits per heavy atom. The highest BCUT2D eigenvalue weighted by atomic mass is 16.1.